The van der Waals surface area contributed by atoms with Crippen LogP contribution in [0.25, 0.3) is 16.9 Å². The summed E-state index contributed by atoms with van der Waals surface area (Å²) >= 11 is 0. The van der Waals surface area contributed by atoms with Crippen LogP contribution < -0.4 is 15.5 Å². The van der Waals surface area contributed by atoms with Gasteiger partial charge in [-0.25, -0.2) is 19.3 Å². The highest BCUT2D eigenvalue weighted by molar-refractivity contribution is 5.90. The summed E-state index contributed by atoms with van der Waals surface area (Å²) in [4.78, 5) is 24.2. The van der Waals surface area contributed by atoms with Crippen LogP contribution in [0.4, 0.5) is 28.7 Å². The van der Waals surface area contributed by atoms with Crippen LogP contribution in [-0.2, 0) is 4.74 Å². The number of rotatable bonds is 7. The zero-order chi connectivity index (χ0) is 29.3. The topological polar surface area (TPSA) is 96.7 Å². The Morgan fingerprint density at radius 2 is 1.79 bits per heavy atom. The maximum absolute atomic E-state index is 12.4. The highest BCUT2D eigenvalue weighted by Crippen LogP contribution is 2.30. The average molecular weight is 562 g/mol. The molecular weight excluding hydrogens is 526 g/mol. The van der Waals surface area contributed by atoms with Crippen LogP contribution in [0.15, 0.2) is 85.2 Å². The molecule has 0 bridgehead atoms. The number of ether oxygens (including phenoxy) is 1. The lowest BCUT2D eigenvalue weighted by molar-refractivity contribution is 0.00695. The quantitative estimate of drug-likeness (QED) is 0.201. The van der Waals surface area contributed by atoms with Crippen molar-refractivity contribution in [3.63, 3.8) is 0 Å². The fourth-order valence-electron chi connectivity index (χ4n) is 5.16. The van der Waals surface area contributed by atoms with Crippen LogP contribution in [0.2, 0.25) is 0 Å². The molecule has 0 radical (unpaired) electrons. The number of esters is 1. The first-order valence-corrected chi connectivity index (χ1v) is 14.3. The minimum atomic E-state index is -0.537. The SMILES string of the molecule is CC1CCCN1c1cccc(Nc2cc(-c3cccc(Nc4ccc(C(=O)OC(C)(C)C)cc4)c3)nn3ccnc23)n1. The van der Waals surface area contributed by atoms with Crippen LogP contribution >= 0.6 is 0 Å². The summed E-state index contributed by atoms with van der Waals surface area (Å²) in [6, 6.07) is 23.9. The van der Waals surface area contributed by atoms with Crippen LogP contribution in [0.5, 0.6) is 0 Å². The van der Waals surface area contributed by atoms with Gasteiger partial charge in [-0.1, -0.05) is 18.2 Å². The minimum Gasteiger partial charge on any atom is -0.456 e. The maximum atomic E-state index is 12.4. The van der Waals surface area contributed by atoms with E-state index in [1.54, 1.807) is 22.8 Å². The molecule has 0 amide bonds. The van der Waals surface area contributed by atoms with Crippen molar-refractivity contribution < 1.29 is 9.53 Å². The highest BCUT2D eigenvalue weighted by atomic mass is 16.6. The van der Waals surface area contributed by atoms with E-state index in [0.29, 0.717) is 11.6 Å². The van der Waals surface area contributed by atoms with Crippen LogP contribution in [0.3, 0.4) is 0 Å². The molecule has 0 spiro atoms. The van der Waals surface area contributed by atoms with Crippen molar-refractivity contribution in [2.45, 2.75) is 52.2 Å². The first-order chi connectivity index (χ1) is 20.2. The summed E-state index contributed by atoms with van der Waals surface area (Å²) in [6.45, 7) is 8.85. The van der Waals surface area contributed by atoms with E-state index in [-0.39, 0.29) is 5.97 Å². The van der Waals surface area contributed by atoms with Gasteiger partial charge in [0.25, 0.3) is 0 Å². The molecule has 1 saturated heterocycles. The number of hydrogen-bond donors (Lipinski definition) is 2. The summed E-state index contributed by atoms with van der Waals surface area (Å²) in [7, 11) is 0. The van der Waals surface area contributed by atoms with E-state index in [1.807, 2.05) is 81.6 Å². The van der Waals surface area contributed by atoms with Gasteiger partial charge in [-0.05, 0) is 95.1 Å². The van der Waals surface area contributed by atoms with E-state index in [4.69, 9.17) is 14.8 Å². The van der Waals surface area contributed by atoms with Gasteiger partial charge >= 0.3 is 5.97 Å². The molecule has 214 valence electrons. The molecule has 4 heterocycles. The minimum absolute atomic E-state index is 0.339. The largest absolute Gasteiger partial charge is 0.456 e. The third kappa shape index (κ3) is 6.05. The summed E-state index contributed by atoms with van der Waals surface area (Å²) in [6.07, 6.45) is 5.96. The summed E-state index contributed by atoms with van der Waals surface area (Å²) in [5, 5.41) is 11.7. The number of benzene rings is 2. The fourth-order valence-corrected chi connectivity index (χ4v) is 5.16. The second-order valence-corrected chi connectivity index (χ2v) is 11.6. The molecule has 0 saturated carbocycles. The second-order valence-electron chi connectivity index (χ2n) is 11.6. The van der Waals surface area contributed by atoms with Crippen molar-refractivity contribution in [2.24, 2.45) is 0 Å². The van der Waals surface area contributed by atoms with E-state index >= 15 is 0 Å². The van der Waals surface area contributed by atoms with Gasteiger partial charge in [0, 0.05) is 41.9 Å². The molecule has 9 nitrogen and oxygen atoms in total. The van der Waals surface area contributed by atoms with Gasteiger partial charge in [-0.3, -0.25) is 0 Å². The van der Waals surface area contributed by atoms with Gasteiger partial charge in [-0.2, -0.15) is 5.10 Å². The van der Waals surface area contributed by atoms with Crippen molar-refractivity contribution >= 4 is 40.3 Å². The van der Waals surface area contributed by atoms with Crippen molar-refractivity contribution in [3.8, 4) is 11.3 Å². The molecule has 6 rings (SSSR count). The number of carbonyl (C=O) groups is 1. The average Bonchev–Trinajstić information content (AvgIpc) is 3.62. The van der Waals surface area contributed by atoms with Crippen molar-refractivity contribution in [1.82, 2.24) is 19.6 Å². The standard InChI is InChI=1S/C33H35N7O2/c1-22-8-7-18-39(22)30-12-6-11-29(37-30)36-28-21-27(38-40-19-17-34-31(28)40)24-9-5-10-26(20-24)35-25-15-13-23(14-16-25)32(41)42-33(2,3)4/h5-6,9-17,19-22,35H,7-8,18H2,1-4H3,(H,36,37). The highest BCUT2D eigenvalue weighted by Gasteiger charge is 2.22. The van der Waals surface area contributed by atoms with Crippen molar-refractivity contribution in [3.05, 3.63) is 90.8 Å². The lowest BCUT2D eigenvalue weighted by Gasteiger charge is -2.23. The van der Waals surface area contributed by atoms with E-state index in [0.717, 1.165) is 52.1 Å². The number of hydrogen-bond acceptors (Lipinski definition) is 8. The van der Waals surface area contributed by atoms with Crippen LogP contribution in [-0.4, -0.2) is 43.7 Å². The van der Waals surface area contributed by atoms with Gasteiger partial charge in [0.05, 0.1) is 16.9 Å². The first kappa shape index (κ1) is 27.3. The van der Waals surface area contributed by atoms with Crippen molar-refractivity contribution in [2.75, 3.05) is 22.1 Å². The van der Waals surface area contributed by atoms with E-state index in [2.05, 4.69) is 33.5 Å². The van der Waals surface area contributed by atoms with Gasteiger partial charge in [0.2, 0.25) is 0 Å². The number of nitrogens with one attached hydrogen (secondary N) is 2. The number of aromatic nitrogens is 4. The molecule has 3 aromatic heterocycles. The zero-order valence-electron chi connectivity index (χ0n) is 24.3. The summed E-state index contributed by atoms with van der Waals surface area (Å²) in [5.74, 6) is 1.41. The number of fused-ring (bicyclic) bond motifs is 1. The van der Waals surface area contributed by atoms with Gasteiger partial charge < -0.3 is 20.3 Å². The zero-order valence-corrected chi connectivity index (χ0v) is 24.3. The number of anilines is 5. The van der Waals surface area contributed by atoms with Gasteiger partial charge in [-0.15, -0.1) is 0 Å². The summed E-state index contributed by atoms with van der Waals surface area (Å²) in [5.41, 5.74) is 5.00. The van der Waals surface area contributed by atoms with E-state index < -0.39 is 5.60 Å². The van der Waals surface area contributed by atoms with Crippen LogP contribution in [0.1, 0.15) is 50.9 Å². The second kappa shape index (κ2) is 11.2. The molecule has 9 heteroatoms. The molecule has 1 fully saturated rings. The third-order valence-electron chi connectivity index (χ3n) is 7.17. The molecule has 42 heavy (non-hydrogen) atoms. The normalized spacial score (nSPS) is 15.1. The molecular formula is C33H35N7O2. The van der Waals surface area contributed by atoms with Gasteiger partial charge in [0.1, 0.15) is 17.2 Å². The molecule has 2 N–H and O–H groups in total. The molecule has 1 aliphatic rings. The molecule has 5 aromatic rings. The number of pyridine rings is 1. The van der Waals surface area contributed by atoms with E-state index in [1.165, 1.54) is 12.8 Å². The van der Waals surface area contributed by atoms with Crippen LogP contribution in [0, 0.1) is 0 Å². The number of carbonyl (C=O) groups excluding carboxylic acids is 1. The third-order valence-corrected chi connectivity index (χ3v) is 7.17. The van der Waals surface area contributed by atoms with E-state index in [9.17, 15) is 4.79 Å². The Hall–Kier alpha value is -4.92. The van der Waals surface area contributed by atoms with Gasteiger partial charge in [0.15, 0.2) is 5.65 Å². The molecule has 1 unspecified atom stereocenters. The Labute approximate surface area is 245 Å². The predicted molar refractivity (Wildman–Crippen MR) is 167 cm³/mol. The number of imidazole rings is 1. The predicted octanol–water partition coefficient (Wildman–Crippen LogP) is 7.22. The lowest BCUT2D eigenvalue weighted by atomic mass is 10.1. The molecule has 2 aromatic carbocycles. The number of nitrogens with zero attached hydrogens (tertiary/aromatic N) is 5. The summed E-state index contributed by atoms with van der Waals surface area (Å²) < 4.78 is 7.25. The maximum Gasteiger partial charge on any atom is 0.338 e. The molecule has 1 atom stereocenters. The Morgan fingerprint density at radius 1 is 0.976 bits per heavy atom. The Balaban J connectivity index is 1.23. The smallest absolute Gasteiger partial charge is 0.338 e. The Morgan fingerprint density at radius 3 is 2.55 bits per heavy atom. The first-order valence-electron chi connectivity index (χ1n) is 14.3. The molecule has 0 aliphatic carbocycles. The monoisotopic (exact) mass is 561 g/mol. The molecule has 1 aliphatic heterocycles. The fraction of sp³-hybridized carbons (Fsp3) is 0.273. The lowest BCUT2D eigenvalue weighted by Crippen LogP contribution is -2.27. The Bertz CT molecular complexity index is 1720. The Kier molecular flexibility index (Phi) is 7.24. The van der Waals surface area contributed by atoms with Crippen molar-refractivity contribution in [1.29, 1.82) is 0 Å².